The topological polar surface area (TPSA) is 108 Å². The number of ether oxygens (including phenoxy) is 2. The Morgan fingerprint density at radius 1 is 0.361 bits per heavy atom. The van der Waals surface area contributed by atoms with Crippen molar-refractivity contribution in [2.45, 2.75) is 399 Å². The Hall–Kier alpha value is -1.25. The van der Waals surface area contributed by atoms with E-state index in [0.717, 1.165) is 38.5 Å². The van der Waals surface area contributed by atoms with Crippen LogP contribution in [0.25, 0.3) is 0 Å². The van der Waals surface area contributed by atoms with Gasteiger partial charge in [-0.05, 0) is 38.5 Å². The number of nitrogens with zero attached hydrogens (tertiary/aromatic N) is 1. The molecule has 10 heteroatoms. The van der Waals surface area contributed by atoms with Crippen molar-refractivity contribution in [3.8, 4) is 0 Å². The van der Waals surface area contributed by atoms with Gasteiger partial charge in [-0.1, -0.05) is 353 Å². The van der Waals surface area contributed by atoms with Crippen LogP contribution in [0.3, 0.4) is 0 Å². The minimum atomic E-state index is -4.39. The number of allylic oxidation sites excluding steroid dienone is 2. The van der Waals surface area contributed by atoms with Crippen LogP contribution in [0.15, 0.2) is 12.2 Å². The second kappa shape index (κ2) is 65.2. The molecule has 9 nitrogen and oxygen atoms in total. The van der Waals surface area contributed by atoms with Crippen molar-refractivity contribution in [3.05, 3.63) is 12.2 Å². The van der Waals surface area contributed by atoms with E-state index in [4.69, 9.17) is 18.5 Å². The van der Waals surface area contributed by atoms with Gasteiger partial charge in [-0.2, -0.15) is 0 Å². The number of phosphoric acid groups is 1. The first-order valence-corrected chi connectivity index (χ1v) is 38.4. The van der Waals surface area contributed by atoms with E-state index in [2.05, 4.69) is 26.0 Å². The number of hydrogen-bond acceptors (Lipinski definition) is 7. The molecule has 0 aromatic heterocycles. The van der Waals surface area contributed by atoms with Gasteiger partial charge in [-0.15, -0.1) is 0 Å². The van der Waals surface area contributed by atoms with E-state index < -0.39 is 26.5 Å². The van der Waals surface area contributed by atoms with Crippen molar-refractivity contribution in [2.24, 2.45) is 0 Å². The monoisotopic (exact) mass is 1200 g/mol. The summed E-state index contributed by atoms with van der Waals surface area (Å²) >= 11 is 0. The van der Waals surface area contributed by atoms with Crippen molar-refractivity contribution in [3.63, 3.8) is 0 Å². The molecule has 2 unspecified atom stereocenters. The second-order valence-corrected chi connectivity index (χ2v) is 28.1. The number of likely N-dealkylation sites (N-methyl/N-ethyl adjacent to an activating group) is 1. The molecule has 83 heavy (non-hydrogen) atoms. The number of carbonyl (C=O) groups excluding carboxylic acids is 2. The summed E-state index contributed by atoms with van der Waals surface area (Å²) in [5, 5.41) is 0. The van der Waals surface area contributed by atoms with Crippen LogP contribution in [0.1, 0.15) is 393 Å². The van der Waals surface area contributed by atoms with Gasteiger partial charge >= 0.3 is 19.8 Å². The molecular weight excluding hydrogens is 1050 g/mol. The van der Waals surface area contributed by atoms with Gasteiger partial charge in [0.1, 0.15) is 19.8 Å². The van der Waals surface area contributed by atoms with E-state index in [-0.39, 0.29) is 25.6 Å². The van der Waals surface area contributed by atoms with Crippen molar-refractivity contribution in [1.29, 1.82) is 0 Å². The zero-order valence-electron chi connectivity index (χ0n) is 56.5. The molecule has 494 valence electrons. The summed E-state index contributed by atoms with van der Waals surface area (Å²) in [7, 11) is 1.51. The van der Waals surface area contributed by atoms with Crippen LogP contribution < -0.4 is 0 Å². The van der Waals surface area contributed by atoms with Crippen LogP contribution >= 0.6 is 7.82 Å². The van der Waals surface area contributed by atoms with E-state index in [1.54, 1.807) is 0 Å². The van der Waals surface area contributed by atoms with Crippen molar-refractivity contribution >= 4 is 19.8 Å². The standard InChI is InChI=1S/C73H144NO8P/c1-6-8-10-12-14-16-18-20-22-24-26-28-30-31-32-33-34-35-36-37-38-39-40-41-42-43-44-46-48-50-52-54-56-58-60-62-64-66-73(76)82-71(70-81-83(77,78)80-68-67-74(3,4)5)69-79-72(75)65-63-61-59-57-55-53-51-49-47-45-29-27-25-23-21-19-17-15-13-11-9-7-2/h24,26,71H,6-23,25,27-70H2,1-5H3/p+1/b26-24-. The molecule has 0 saturated heterocycles. The summed E-state index contributed by atoms with van der Waals surface area (Å²) in [6.07, 6.45) is 80.6. The molecule has 0 aliphatic carbocycles. The molecular formula is C73H145NO8P+. The minimum absolute atomic E-state index is 0.0370. The molecule has 1 N–H and O–H groups in total. The zero-order valence-corrected chi connectivity index (χ0v) is 57.4. The van der Waals surface area contributed by atoms with Gasteiger partial charge in [0.05, 0.1) is 27.7 Å². The zero-order chi connectivity index (χ0) is 60.5. The average Bonchev–Trinajstić information content (AvgIpc) is 3.49. The largest absolute Gasteiger partial charge is 0.472 e. The third-order valence-electron chi connectivity index (χ3n) is 17.0. The van der Waals surface area contributed by atoms with Gasteiger partial charge < -0.3 is 18.9 Å². The SMILES string of the molecule is CCCCCCCCCC/C=C\CCCCCCCCCCCCCCCCCCCCCCCCCCCC(=O)OC(COC(=O)CCCCCCCCCCCCCCCCCCCCCCCC)COP(=O)(O)OCC[N+](C)(C)C. The highest BCUT2D eigenvalue weighted by Crippen LogP contribution is 2.43. The molecule has 0 saturated carbocycles. The Bertz CT molecular complexity index is 1400. The summed E-state index contributed by atoms with van der Waals surface area (Å²) < 4.78 is 34.8. The maximum atomic E-state index is 12.9. The second-order valence-electron chi connectivity index (χ2n) is 26.7. The predicted octanol–water partition coefficient (Wildman–Crippen LogP) is 23.9. The molecule has 0 bridgehead atoms. The van der Waals surface area contributed by atoms with Crippen molar-refractivity contribution < 1.29 is 42.1 Å². The summed E-state index contributed by atoms with van der Waals surface area (Å²) in [5.41, 5.74) is 0. The quantitative estimate of drug-likeness (QED) is 0.0211. The molecule has 0 rings (SSSR count). The lowest BCUT2D eigenvalue weighted by molar-refractivity contribution is -0.870. The fraction of sp³-hybridized carbons (Fsp3) is 0.945. The first-order valence-electron chi connectivity index (χ1n) is 36.9. The molecule has 0 fully saturated rings. The maximum absolute atomic E-state index is 12.9. The van der Waals surface area contributed by atoms with Crippen LogP contribution in [0.2, 0.25) is 0 Å². The van der Waals surface area contributed by atoms with Crippen molar-refractivity contribution in [1.82, 2.24) is 0 Å². The van der Waals surface area contributed by atoms with E-state index in [1.165, 1.54) is 327 Å². The highest BCUT2D eigenvalue weighted by atomic mass is 31.2. The molecule has 0 amide bonds. The first kappa shape index (κ1) is 81.8. The Labute approximate surface area is 517 Å². The van der Waals surface area contributed by atoms with Gasteiger partial charge in [0.2, 0.25) is 0 Å². The smallest absolute Gasteiger partial charge is 0.462 e. The molecule has 0 aromatic rings. The van der Waals surface area contributed by atoms with E-state index in [1.807, 2.05) is 21.1 Å². The normalized spacial score (nSPS) is 13.1. The van der Waals surface area contributed by atoms with Gasteiger partial charge in [0.15, 0.2) is 6.10 Å². The fourth-order valence-corrected chi connectivity index (χ4v) is 12.1. The van der Waals surface area contributed by atoms with Gasteiger partial charge in [0, 0.05) is 12.8 Å². The van der Waals surface area contributed by atoms with Gasteiger partial charge in [-0.3, -0.25) is 18.6 Å². The lowest BCUT2D eigenvalue weighted by Gasteiger charge is -2.24. The van der Waals surface area contributed by atoms with Crippen LogP contribution in [0, 0.1) is 0 Å². The number of quaternary nitrogens is 1. The third kappa shape index (κ3) is 69.7. The molecule has 0 aliphatic heterocycles. The lowest BCUT2D eigenvalue weighted by atomic mass is 10.0. The average molecular weight is 1200 g/mol. The van der Waals surface area contributed by atoms with Gasteiger partial charge in [0.25, 0.3) is 0 Å². The maximum Gasteiger partial charge on any atom is 0.472 e. The molecule has 0 spiro atoms. The Morgan fingerprint density at radius 2 is 0.614 bits per heavy atom. The Kier molecular flexibility index (Phi) is 64.2. The number of unbranched alkanes of at least 4 members (excludes halogenated alkanes) is 54. The first-order chi connectivity index (χ1) is 40.5. The van der Waals surface area contributed by atoms with E-state index in [0.29, 0.717) is 17.4 Å². The summed E-state index contributed by atoms with van der Waals surface area (Å²) in [4.78, 5) is 35.9. The minimum Gasteiger partial charge on any atom is -0.462 e. The summed E-state index contributed by atoms with van der Waals surface area (Å²) in [6, 6.07) is 0. The molecule has 0 aliphatic rings. The van der Waals surface area contributed by atoms with Crippen LogP contribution in [-0.4, -0.2) is 74.9 Å². The molecule has 0 aromatic carbocycles. The number of rotatable bonds is 70. The predicted molar refractivity (Wildman–Crippen MR) is 358 cm³/mol. The summed E-state index contributed by atoms with van der Waals surface area (Å²) in [6.45, 7) is 4.52. The number of phosphoric ester groups is 1. The van der Waals surface area contributed by atoms with Crippen molar-refractivity contribution in [2.75, 3.05) is 47.5 Å². The molecule has 0 radical (unpaired) electrons. The van der Waals surface area contributed by atoms with Crippen LogP contribution in [0.4, 0.5) is 0 Å². The third-order valence-corrected chi connectivity index (χ3v) is 18.0. The fourth-order valence-electron chi connectivity index (χ4n) is 11.4. The van der Waals surface area contributed by atoms with Crippen LogP contribution in [0.5, 0.6) is 0 Å². The number of carbonyl (C=O) groups is 2. The van der Waals surface area contributed by atoms with Crippen LogP contribution in [-0.2, 0) is 32.7 Å². The molecule has 0 heterocycles. The van der Waals surface area contributed by atoms with E-state index in [9.17, 15) is 19.0 Å². The highest BCUT2D eigenvalue weighted by Gasteiger charge is 2.27. The Balaban J connectivity index is 3.90. The number of hydrogen-bond donors (Lipinski definition) is 1. The lowest BCUT2D eigenvalue weighted by Crippen LogP contribution is -2.37. The van der Waals surface area contributed by atoms with Gasteiger partial charge in [-0.25, -0.2) is 4.57 Å². The Morgan fingerprint density at radius 3 is 0.892 bits per heavy atom. The molecule has 2 atom stereocenters. The summed E-state index contributed by atoms with van der Waals surface area (Å²) in [5.74, 6) is -0.769. The number of esters is 2. The highest BCUT2D eigenvalue weighted by molar-refractivity contribution is 7.47. The van der Waals surface area contributed by atoms with E-state index >= 15 is 0 Å².